The first-order valence-electron chi connectivity index (χ1n) is 26.7. The molecule has 1 atom stereocenters. The van der Waals surface area contributed by atoms with E-state index in [9.17, 15) is 14.4 Å². The van der Waals surface area contributed by atoms with Gasteiger partial charge >= 0.3 is 17.9 Å². The molecule has 0 aromatic heterocycles. The second-order valence-corrected chi connectivity index (χ2v) is 17.4. The van der Waals surface area contributed by atoms with Gasteiger partial charge in [0, 0.05) is 19.3 Å². The van der Waals surface area contributed by atoms with Crippen LogP contribution in [0.5, 0.6) is 0 Å². The van der Waals surface area contributed by atoms with Crippen molar-refractivity contribution in [1.82, 2.24) is 0 Å². The van der Waals surface area contributed by atoms with Crippen LogP contribution in [-0.2, 0) is 28.6 Å². The zero-order valence-corrected chi connectivity index (χ0v) is 42.2. The zero-order valence-electron chi connectivity index (χ0n) is 42.2. The van der Waals surface area contributed by atoms with Crippen molar-refractivity contribution in [1.29, 1.82) is 0 Å². The van der Waals surface area contributed by atoms with Crippen molar-refractivity contribution in [3.05, 3.63) is 97.2 Å². The number of allylic oxidation sites excluding steroid dienone is 16. The third kappa shape index (κ3) is 51.2. The Kier molecular flexibility index (Phi) is 50.0. The van der Waals surface area contributed by atoms with Crippen LogP contribution in [0, 0.1) is 0 Å². The molecule has 0 aromatic rings. The molecule has 370 valence electrons. The molecule has 0 aliphatic heterocycles. The molecule has 0 aliphatic rings. The fraction of sp³-hybridized carbons (Fsp3) is 0.678. The van der Waals surface area contributed by atoms with Crippen molar-refractivity contribution < 1.29 is 28.6 Å². The maximum Gasteiger partial charge on any atom is 0.306 e. The van der Waals surface area contributed by atoms with Crippen LogP contribution >= 0.6 is 0 Å². The van der Waals surface area contributed by atoms with E-state index in [0.29, 0.717) is 19.3 Å². The molecule has 0 radical (unpaired) electrons. The Labute approximate surface area is 400 Å². The Morgan fingerprint density at radius 1 is 0.323 bits per heavy atom. The van der Waals surface area contributed by atoms with Crippen molar-refractivity contribution in [3.8, 4) is 0 Å². The summed E-state index contributed by atoms with van der Waals surface area (Å²) >= 11 is 0. The summed E-state index contributed by atoms with van der Waals surface area (Å²) in [6, 6.07) is 0. The molecule has 0 rings (SSSR count). The first-order valence-corrected chi connectivity index (χ1v) is 26.7. The molecule has 0 aromatic carbocycles. The van der Waals surface area contributed by atoms with Gasteiger partial charge in [-0.15, -0.1) is 0 Å². The van der Waals surface area contributed by atoms with Gasteiger partial charge in [-0.1, -0.05) is 208 Å². The molecule has 0 bridgehead atoms. The lowest BCUT2D eigenvalue weighted by Crippen LogP contribution is -2.30. The number of hydrogen-bond donors (Lipinski definition) is 0. The van der Waals surface area contributed by atoms with E-state index in [1.165, 1.54) is 96.3 Å². The van der Waals surface area contributed by atoms with Crippen LogP contribution in [0.1, 0.15) is 239 Å². The van der Waals surface area contributed by atoms with Gasteiger partial charge in [0.2, 0.25) is 0 Å². The fourth-order valence-electron chi connectivity index (χ4n) is 7.02. The Hall–Kier alpha value is -3.67. The van der Waals surface area contributed by atoms with Gasteiger partial charge in [-0.2, -0.15) is 0 Å². The van der Waals surface area contributed by atoms with Crippen molar-refractivity contribution >= 4 is 17.9 Å². The summed E-state index contributed by atoms with van der Waals surface area (Å²) < 4.78 is 16.7. The van der Waals surface area contributed by atoms with Gasteiger partial charge in [0.1, 0.15) is 13.2 Å². The minimum Gasteiger partial charge on any atom is -0.462 e. The second-order valence-electron chi connectivity index (χ2n) is 17.4. The predicted octanol–water partition coefficient (Wildman–Crippen LogP) is 17.8. The van der Waals surface area contributed by atoms with Crippen molar-refractivity contribution in [2.75, 3.05) is 13.2 Å². The molecular formula is C59H98O6. The van der Waals surface area contributed by atoms with Crippen LogP contribution < -0.4 is 0 Å². The second kappa shape index (κ2) is 52.9. The molecule has 6 heteroatoms. The molecule has 0 saturated carbocycles. The normalized spacial score (nSPS) is 12.8. The summed E-state index contributed by atoms with van der Waals surface area (Å²) in [4.78, 5) is 38.0. The van der Waals surface area contributed by atoms with Gasteiger partial charge in [0.15, 0.2) is 6.10 Å². The minimum absolute atomic E-state index is 0.106. The Morgan fingerprint density at radius 3 is 1.05 bits per heavy atom. The average Bonchev–Trinajstić information content (AvgIpc) is 3.30. The Bertz CT molecular complexity index is 1310. The van der Waals surface area contributed by atoms with E-state index < -0.39 is 6.10 Å². The number of carbonyl (C=O) groups is 3. The number of carbonyl (C=O) groups excluding carboxylic acids is 3. The standard InChI is InChI=1S/C59H98O6/c1-4-7-10-13-16-19-22-24-26-28-29-31-32-34-37-40-43-46-49-52-58(61)64-55-56(54-63-57(60)51-48-45-42-39-36-21-18-15-12-9-6-3)65-59(62)53-50-47-44-41-38-35-33-30-27-25-23-20-17-14-11-8-5-2/h8,11,15-20,24-27,33,35,41,44,56H,4-7,9-10,12-14,21-23,28-32,34,36-40,42-43,45-55H2,1-3H3/b11-8-,18-15-,19-16-,20-17-,26-24-,27-25-,35-33-,44-41-. The quantitative estimate of drug-likeness (QED) is 0.0262. The third-order valence-corrected chi connectivity index (χ3v) is 11.0. The molecule has 0 fully saturated rings. The monoisotopic (exact) mass is 903 g/mol. The molecule has 1 unspecified atom stereocenters. The lowest BCUT2D eigenvalue weighted by molar-refractivity contribution is -0.167. The highest BCUT2D eigenvalue weighted by Gasteiger charge is 2.19. The van der Waals surface area contributed by atoms with Crippen molar-refractivity contribution in [2.24, 2.45) is 0 Å². The van der Waals surface area contributed by atoms with E-state index in [-0.39, 0.29) is 37.5 Å². The molecule has 6 nitrogen and oxygen atoms in total. The number of unbranched alkanes of at least 4 members (excludes halogenated alkanes) is 20. The molecule has 0 N–H and O–H groups in total. The summed E-state index contributed by atoms with van der Waals surface area (Å²) in [6.07, 6.45) is 69.7. The zero-order chi connectivity index (χ0) is 47.2. The van der Waals surface area contributed by atoms with Gasteiger partial charge in [-0.3, -0.25) is 14.4 Å². The van der Waals surface area contributed by atoms with Crippen LogP contribution in [0.25, 0.3) is 0 Å². The van der Waals surface area contributed by atoms with Crippen LogP contribution in [0.4, 0.5) is 0 Å². The lowest BCUT2D eigenvalue weighted by Gasteiger charge is -2.18. The third-order valence-electron chi connectivity index (χ3n) is 11.0. The van der Waals surface area contributed by atoms with Crippen LogP contribution in [0.3, 0.4) is 0 Å². The minimum atomic E-state index is -0.812. The predicted molar refractivity (Wildman–Crippen MR) is 279 cm³/mol. The highest BCUT2D eigenvalue weighted by atomic mass is 16.6. The van der Waals surface area contributed by atoms with E-state index in [1.54, 1.807) is 0 Å². The van der Waals surface area contributed by atoms with Gasteiger partial charge in [0.25, 0.3) is 0 Å². The fourth-order valence-corrected chi connectivity index (χ4v) is 7.02. The van der Waals surface area contributed by atoms with E-state index in [0.717, 1.165) is 96.3 Å². The highest BCUT2D eigenvalue weighted by molar-refractivity contribution is 5.71. The Balaban J connectivity index is 4.45. The molecule has 0 spiro atoms. The molecule has 0 amide bonds. The summed E-state index contributed by atoms with van der Waals surface area (Å²) in [6.45, 7) is 6.40. The highest BCUT2D eigenvalue weighted by Crippen LogP contribution is 2.14. The van der Waals surface area contributed by atoms with Crippen LogP contribution in [-0.4, -0.2) is 37.2 Å². The van der Waals surface area contributed by atoms with E-state index in [4.69, 9.17) is 14.2 Å². The first-order chi connectivity index (χ1) is 32.0. The molecule has 0 saturated heterocycles. The SMILES string of the molecule is CC/C=C\C/C=C\C/C=C\C/C=C\C/C=C\CCCC(=O)OC(COC(=O)CCCCCCC/C=C\CCCC)COC(=O)CCCCCCCCCCC/C=C\C/C=C\CCCCC. The number of esters is 3. The largest absolute Gasteiger partial charge is 0.462 e. The van der Waals surface area contributed by atoms with Gasteiger partial charge in [0.05, 0.1) is 0 Å². The van der Waals surface area contributed by atoms with Gasteiger partial charge < -0.3 is 14.2 Å². The smallest absolute Gasteiger partial charge is 0.306 e. The van der Waals surface area contributed by atoms with E-state index in [1.807, 2.05) is 0 Å². The van der Waals surface area contributed by atoms with E-state index in [2.05, 4.69) is 118 Å². The average molecular weight is 903 g/mol. The number of ether oxygens (including phenoxy) is 3. The summed E-state index contributed by atoms with van der Waals surface area (Å²) in [5.74, 6) is -0.981. The van der Waals surface area contributed by atoms with Crippen LogP contribution in [0.15, 0.2) is 97.2 Å². The van der Waals surface area contributed by atoms with Gasteiger partial charge in [-0.05, 0) is 109 Å². The molecular weight excluding hydrogens is 805 g/mol. The Morgan fingerprint density at radius 2 is 0.631 bits per heavy atom. The van der Waals surface area contributed by atoms with Gasteiger partial charge in [-0.25, -0.2) is 0 Å². The van der Waals surface area contributed by atoms with Crippen molar-refractivity contribution in [3.63, 3.8) is 0 Å². The maximum atomic E-state index is 12.8. The first kappa shape index (κ1) is 61.3. The van der Waals surface area contributed by atoms with Crippen LogP contribution in [0.2, 0.25) is 0 Å². The lowest BCUT2D eigenvalue weighted by atomic mass is 10.1. The summed E-state index contributed by atoms with van der Waals surface area (Å²) in [5, 5.41) is 0. The van der Waals surface area contributed by atoms with E-state index >= 15 is 0 Å². The maximum absolute atomic E-state index is 12.8. The topological polar surface area (TPSA) is 78.9 Å². The molecule has 0 aliphatic carbocycles. The molecule has 65 heavy (non-hydrogen) atoms. The number of hydrogen-bond acceptors (Lipinski definition) is 6. The molecule has 0 heterocycles. The summed E-state index contributed by atoms with van der Waals surface area (Å²) in [5.41, 5.74) is 0. The summed E-state index contributed by atoms with van der Waals surface area (Å²) in [7, 11) is 0. The number of rotatable bonds is 47. The van der Waals surface area contributed by atoms with Crippen molar-refractivity contribution in [2.45, 2.75) is 245 Å².